The monoisotopic (exact) mass is 322 g/mol. The third-order valence-corrected chi connectivity index (χ3v) is 5.27. The van der Waals surface area contributed by atoms with Crippen molar-refractivity contribution in [3.05, 3.63) is 18.2 Å². The van der Waals surface area contributed by atoms with Gasteiger partial charge >= 0.3 is 0 Å². The van der Waals surface area contributed by atoms with Gasteiger partial charge in [0.2, 0.25) is 11.9 Å². The first-order valence-corrected chi connectivity index (χ1v) is 8.01. The minimum absolute atomic E-state index is 0.109. The van der Waals surface area contributed by atoms with Gasteiger partial charge in [0, 0.05) is 46.1 Å². The molecule has 0 bridgehead atoms. The lowest BCUT2D eigenvalue weighted by Crippen LogP contribution is -2.46. The number of amides is 1. The number of halogens is 1. The summed E-state index contributed by atoms with van der Waals surface area (Å²) in [5.74, 6) is 0.654. The molecule has 1 atom stereocenters. The van der Waals surface area contributed by atoms with Crippen LogP contribution >= 0.6 is 0 Å². The van der Waals surface area contributed by atoms with E-state index >= 15 is 0 Å². The largest absolute Gasteiger partial charge is 0.384 e. The number of carbonyl (C=O) groups is 1. The van der Waals surface area contributed by atoms with Crippen molar-refractivity contribution in [2.24, 2.45) is 11.3 Å². The summed E-state index contributed by atoms with van der Waals surface area (Å²) in [7, 11) is 1.71. The molecule has 7 heteroatoms. The summed E-state index contributed by atoms with van der Waals surface area (Å²) in [6.07, 6.45) is 4.33. The SMILES string of the molecule is COC[C@@H]1CN(C(C)=O)CC12CCN(c1ncc(F)cn1)CC2. The van der Waals surface area contributed by atoms with Gasteiger partial charge in [0.15, 0.2) is 5.82 Å². The first-order valence-electron chi connectivity index (χ1n) is 8.01. The minimum atomic E-state index is -0.421. The van der Waals surface area contributed by atoms with Gasteiger partial charge < -0.3 is 14.5 Å². The molecule has 0 aliphatic carbocycles. The Morgan fingerprint density at radius 3 is 2.61 bits per heavy atom. The standard InChI is InChI=1S/C16H23FN4O2/c1-12(22)21-9-13(10-23-2)16(11-21)3-5-20(6-4-16)15-18-7-14(17)8-19-15/h7-8,13H,3-6,9-11H2,1-2H3/t13-/m0/s1. The molecule has 1 amide bonds. The average molecular weight is 322 g/mol. The summed E-state index contributed by atoms with van der Waals surface area (Å²) in [5.41, 5.74) is 0.109. The number of hydrogen-bond acceptors (Lipinski definition) is 5. The highest BCUT2D eigenvalue weighted by Crippen LogP contribution is 2.45. The second-order valence-electron chi connectivity index (χ2n) is 6.60. The Bertz CT molecular complexity index is 558. The maximum atomic E-state index is 13.0. The van der Waals surface area contributed by atoms with E-state index in [4.69, 9.17) is 4.74 Å². The van der Waals surface area contributed by atoms with Gasteiger partial charge in [-0.2, -0.15) is 0 Å². The molecule has 2 aliphatic rings. The summed E-state index contributed by atoms with van der Waals surface area (Å²) < 4.78 is 18.3. The normalized spacial score (nSPS) is 23.5. The van der Waals surface area contributed by atoms with Crippen LogP contribution < -0.4 is 4.90 Å². The van der Waals surface area contributed by atoms with Gasteiger partial charge in [-0.1, -0.05) is 0 Å². The molecule has 0 saturated carbocycles. The summed E-state index contributed by atoms with van der Waals surface area (Å²) in [4.78, 5) is 23.9. The Balaban J connectivity index is 1.70. The molecule has 126 valence electrons. The zero-order valence-electron chi connectivity index (χ0n) is 13.7. The van der Waals surface area contributed by atoms with E-state index in [1.54, 1.807) is 14.0 Å². The number of anilines is 1. The average Bonchev–Trinajstić information content (AvgIpc) is 2.88. The highest BCUT2D eigenvalue weighted by Gasteiger charge is 2.48. The van der Waals surface area contributed by atoms with Crippen molar-refractivity contribution < 1.29 is 13.9 Å². The molecule has 2 saturated heterocycles. The number of rotatable bonds is 3. The van der Waals surface area contributed by atoms with E-state index in [0.29, 0.717) is 18.5 Å². The molecule has 1 spiro atoms. The van der Waals surface area contributed by atoms with Gasteiger partial charge in [-0.15, -0.1) is 0 Å². The Morgan fingerprint density at radius 1 is 1.39 bits per heavy atom. The number of ether oxygens (including phenoxy) is 1. The Kier molecular flexibility index (Phi) is 4.48. The lowest BCUT2D eigenvalue weighted by Gasteiger charge is -2.42. The van der Waals surface area contributed by atoms with Gasteiger partial charge in [-0.05, 0) is 18.3 Å². The number of carbonyl (C=O) groups excluding carboxylic acids is 1. The van der Waals surface area contributed by atoms with Crippen LogP contribution in [-0.4, -0.2) is 60.7 Å². The second kappa shape index (κ2) is 6.39. The molecular formula is C16H23FN4O2. The van der Waals surface area contributed by atoms with Crippen LogP contribution in [0.15, 0.2) is 12.4 Å². The molecule has 0 N–H and O–H groups in total. The fourth-order valence-corrected chi connectivity index (χ4v) is 3.89. The van der Waals surface area contributed by atoms with Crippen molar-refractivity contribution in [3.63, 3.8) is 0 Å². The van der Waals surface area contributed by atoms with Gasteiger partial charge in [-0.3, -0.25) is 4.79 Å². The molecule has 3 rings (SSSR count). The summed E-state index contributed by atoms with van der Waals surface area (Å²) in [5, 5.41) is 0. The van der Waals surface area contributed by atoms with Crippen LogP contribution in [0.5, 0.6) is 0 Å². The summed E-state index contributed by atoms with van der Waals surface area (Å²) in [6.45, 7) is 5.51. The van der Waals surface area contributed by atoms with Gasteiger partial charge in [0.25, 0.3) is 0 Å². The number of nitrogens with zero attached hydrogens (tertiary/aromatic N) is 4. The second-order valence-corrected chi connectivity index (χ2v) is 6.60. The summed E-state index contributed by atoms with van der Waals surface area (Å²) in [6, 6.07) is 0. The van der Waals surface area contributed by atoms with Crippen LogP contribution in [0.2, 0.25) is 0 Å². The number of hydrogen-bond donors (Lipinski definition) is 0. The molecule has 2 fully saturated rings. The molecule has 0 unspecified atom stereocenters. The van der Waals surface area contributed by atoms with Crippen molar-refractivity contribution in [3.8, 4) is 0 Å². The van der Waals surface area contributed by atoms with Crippen LogP contribution in [0.25, 0.3) is 0 Å². The lowest BCUT2D eigenvalue weighted by atomic mass is 9.71. The molecular weight excluding hydrogens is 299 g/mol. The van der Waals surface area contributed by atoms with E-state index < -0.39 is 5.82 Å². The highest BCUT2D eigenvalue weighted by atomic mass is 19.1. The molecule has 0 radical (unpaired) electrons. The van der Waals surface area contributed by atoms with Crippen LogP contribution in [0, 0.1) is 17.2 Å². The predicted octanol–water partition coefficient (Wildman–Crippen LogP) is 1.33. The molecule has 0 aromatic carbocycles. The van der Waals surface area contributed by atoms with E-state index in [2.05, 4.69) is 14.9 Å². The fourth-order valence-electron chi connectivity index (χ4n) is 3.89. The fraction of sp³-hybridized carbons (Fsp3) is 0.688. The molecule has 1 aromatic rings. The smallest absolute Gasteiger partial charge is 0.225 e. The third-order valence-electron chi connectivity index (χ3n) is 5.27. The number of aromatic nitrogens is 2. The van der Waals surface area contributed by atoms with Crippen LogP contribution in [0.4, 0.5) is 10.3 Å². The van der Waals surface area contributed by atoms with E-state index in [0.717, 1.165) is 39.0 Å². The Labute approximate surface area is 135 Å². The quantitative estimate of drug-likeness (QED) is 0.840. The Hall–Kier alpha value is -1.76. The predicted molar refractivity (Wildman–Crippen MR) is 83.5 cm³/mol. The van der Waals surface area contributed by atoms with Crippen LogP contribution in [0.3, 0.4) is 0 Å². The van der Waals surface area contributed by atoms with Crippen LogP contribution in [-0.2, 0) is 9.53 Å². The molecule has 6 nitrogen and oxygen atoms in total. The number of methoxy groups -OCH3 is 1. The van der Waals surface area contributed by atoms with E-state index in [9.17, 15) is 9.18 Å². The molecule has 3 heterocycles. The Morgan fingerprint density at radius 2 is 2.04 bits per heavy atom. The maximum Gasteiger partial charge on any atom is 0.225 e. The lowest BCUT2D eigenvalue weighted by molar-refractivity contribution is -0.128. The third kappa shape index (κ3) is 3.15. The van der Waals surface area contributed by atoms with Crippen LogP contribution in [0.1, 0.15) is 19.8 Å². The molecule has 2 aliphatic heterocycles. The van der Waals surface area contributed by atoms with Gasteiger partial charge in [0.1, 0.15) is 0 Å². The van der Waals surface area contributed by atoms with Crippen molar-refractivity contribution >= 4 is 11.9 Å². The van der Waals surface area contributed by atoms with Gasteiger partial charge in [-0.25, -0.2) is 14.4 Å². The number of likely N-dealkylation sites (tertiary alicyclic amines) is 1. The van der Waals surface area contributed by atoms with E-state index in [-0.39, 0.29) is 11.3 Å². The van der Waals surface area contributed by atoms with Gasteiger partial charge in [0.05, 0.1) is 19.0 Å². The summed E-state index contributed by atoms with van der Waals surface area (Å²) >= 11 is 0. The van der Waals surface area contributed by atoms with E-state index in [1.807, 2.05) is 4.90 Å². The van der Waals surface area contributed by atoms with Crippen molar-refractivity contribution in [1.82, 2.24) is 14.9 Å². The molecule has 1 aromatic heterocycles. The van der Waals surface area contributed by atoms with E-state index in [1.165, 1.54) is 12.4 Å². The van der Waals surface area contributed by atoms with Crippen molar-refractivity contribution in [1.29, 1.82) is 0 Å². The zero-order chi connectivity index (χ0) is 16.4. The first-order chi connectivity index (χ1) is 11.0. The maximum absolute atomic E-state index is 13.0. The van der Waals surface area contributed by atoms with Crippen molar-refractivity contribution in [2.75, 3.05) is 44.8 Å². The molecule has 23 heavy (non-hydrogen) atoms. The number of piperidine rings is 1. The highest BCUT2D eigenvalue weighted by molar-refractivity contribution is 5.73. The minimum Gasteiger partial charge on any atom is -0.384 e. The topological polar surface area (TPSA) is 58.6 Å². The zero-order valence-corrected chi connectivity index (χ0v) is 13.7. The first kappa shape index (κ1) is 16.1. The van der Waals surface area contributed by atoms with Crippen molar-refractivity contribution in [2.45, 2.75) is 19.8 Å².